The molecule has 1 aromatic rings. The minimum atomic E-state index is -0.171. The van der Waals surface area contributed by atoms with E-state index in [1.807, 2.05) is 14.1 Å². The Bertz CT molecular complexity index is 698. The molecule has 1 aromatic carbocycles. The number of carbonyl (C=O) groups excluding carboxylic acids is 2. The zero-order valence-corrected chi connectivity index (χ0v) is 20.7. The second-order valence-corrected chi connectivity index (χ2v) is 10.9. The van der Waals surface area contributed by atoms with Gasteiger partial charge in [-0.3, -0.25) is 9.59 Å². The molecule has 1 unspecified atom stereocenters. The number of hydrogen-bond donors (Lipinski definition) is 2. The predicted molar refractivity (Wildman–Crippen MR) is 135 cm³/mol. The predicted octanol–water partition coefficient (Wildman–Crippen LogP) is 4.95. The normalized spacial score (nSPS) is 19.7. The van der Waals surface area contributed by atoms with Crippen molar-refractivity contribution in [2.24, 2.45) is 17.8 Å². The van der Waals surface area contributed by atoms with E-state index < -0.39 is 0 Å². The third-order valence-electron chi connectivity index (χ3n) is 7.17. The summed E-state index contributed by atoms with van der Waals surface area (Å²) in [6, 6.07) is 8.31. The van der Waals surface area contributed by atoms with Crippen LogP contribution in [0.3, 0.4) is 0 Å². The van der Waals surface area contributed by atoms with Crippen LogP contribution in [0.4, 0.5) is 5.69 Å². The van der Waals surface area contributed by atoms with Gasteiger partial charge in [0.15, 0.2) is 0 Å². The Balaban J connectivity index is 1.65. The van der Waals surface area contributed by atoms with E-state index in [0.717, 1.165) is 42.2 Å². The molecule has 2 aliphatic carbocycles. The van der Waals surface area contributed by atoms with Crippen molar-refractivity contribution in [1.29, 1.82) is 0 Å². The third-order valence-corrected chi connectivity index (χ3v) is 8.63. The first-order valence-corrected chi connectivity index (χ1v) is 13.5. The molecule has 2 fully saturated rings. The van der Waals surface area contributed by atoms with Gasteiger partial charge in [0.2, 0.25) is 12.3 Å². The summed E-state index contributed by atoms with van der Waals surface area (Å²) in [5.41, 5.74) is 2.25. The second kappa shape index (κ2) is 13.1. The lowest BCUT2D eigenvalue weighted by Crippen LogP contribution is -2.47. The highest BCUT2D eigenvalue weighted by Gasteiger charge is 2.36. The van der Waals surface area contributed by atoms with Crippen LogP contribution in [0.2, 0.25) is 0 Å². The molecular formula is C26H41N3O2S. The van der Waals surface area contributed by atoms with E-state index >= 15 is 0 Å². The van der Waals surface area contributed by atoms with Crippen LogP contribution >= 0.6 is 11.8 Å². The number of benzene rings is 1. The average Bonchev–Trinajstić information content (AvgIpc) is 2.83. The summed E-state index contributed by atoms with van der Waals surface area (Å²) < 4.78 is 0. The zero-order chi connectivity index (χ0) is 22.8. The van der Waals surface area contributed by atoms with E-state index in [1.54, 1.807) is 11.8 Å². The topological polar surface area (TPSA) is 61.4 Å². The first-order valence-electron chi connectivity index (χ1n) is 12.4. The Hall–Kier alpha value is -1.69. The monoisotopic (exact) mass is 459 g/mol. The minimum Gasteiger partial charge on any atom is -0.378 e. The van der Waals surface area contributed by atoms with Gasteiger partial charge in [0, 0.05) is 26.3 Å². The molecule has 0 radical (unpaired) electrons. The van der Waals surface area contributed by atoms with Crippen LogP contribution in [-0.2, 0) is 16.1 Å². The van der Waals surface area contributed by atoms with Crippen LogP contribution in [0.5, 0.6) is 0 Å². The second-order valence-electron chi connectivity index (χ2n) is 9.75. The molecule has 2 N–H and O–H groups in total. The fourth-order valence-corrected chi connectivity index (χ4v) is 6.74. The molecule has 32 heavy (non-hydrogen) atoms. The molecule has 2 saturated carbocycles. The van der Waals surface area contributed by atoms with Gasteiger partial charge in [-0.1, -0.05) is 50.7 Å². The summed E-state index contributed by atoms with van der Waals surface area (Å²) in [5, 5.41) is 6.09. The van der Waals surface area contributed by atoms with Gasteiger partial charge < -0.3 is 15.5 Å². The SMILES string of the molecule is CN(C)c1ccc(CNC(=O)[C@@H](C2CCCCC2)C(NC=O)SCC2CCCCC2)cc1. The number of anilines is 1. The highest BCUT2D eigenvalue weighted by Crippen LogP contribution is 2.37. The van der Waals surface area contributed by atoms with E-state index in [4.69, 9.17) is 0 Å². The van der Waals surface area contributed by atoms with Crippen LogP contribution in [0.1, 0.15) is 69.8 Å². The fraction of sp³-hybridized carbons (Fsp3) is 0.692. The lowest BCUT2D eigenvalue weighted by atomic mass is 9.79. The molecule has 2 aliphatic rings. The minimum absolute atomic E-state index is 0.0871. The summed E-state index contributed by atoms with van der Waals surface area (Å²) >= 11 is 1.80. The smallest absolute Gasteiger partial charge is 0.226 e. The summed E-state index contributed by atoms with van der Waals surface area (Å²) in [7, 11) is 4.05. The standard InChI is InChI=1S/C26H41N3O2S/c1-29(2)23-15-13-20(14-16-23)17-27-25(31)24(22-11-7-4-8-12-22)26(28-19-30)32-18-21-9-5-3-6-10-21/h13-16,19,21-22,24,26H,3-12,17-18H2,1-2H3,(H,27,31)(H,28,30)/t24-,26?/m1/s1. The Morgan fingerprint density at radius 1 is 1.03 bits per heavy atom. The van der Waals surface area contributed by atoms with Crippen LogP contribution in [0.15, 0.2) is 24.3 Å². The summed E-state index contributed by atoms with van der Waals surface area (Å²) in [6.45, 7) is 0.525. The van der Waals surface area contributed by atoms with Gasteiger partial charge in [-0.25, -0.2) is 0 Å². The maximum atomic E-state index is 13.5. The molecule has 2 amide bonds. The first-order chi connectivity index (χ1) is 15.6. The lowest BCUT2D eigenvalue weighted by Gasteiger charge is -2.35. The maximum Gasteiger partial charge on any atom is 0.226 e. The average molecular weight is 460 g/mol. The van der Waals surface area contributed by atoms with E-state index in [-0.39, 0.29) is 17.2 Å². The van der Waals surface area contributed by atoms with Gasteiger partial charge in [0.1, 0.15) is 0 Å². The quantitative estimate of drug-likeness (QED) is 0.363. The number of nitrogens with zero attached hydrogens (tertiary/aromatic N) is 1. The molecule has 6 heteroatoms. The Morgan fingerprint density at radius 3 is 2.25 bits per heavy atom. The van der Waals surface area contributed by atoms with Crippen molar-refractivity contribution in [2.45, 2.75) is 76.1 Å². The van der Waals surface area contributed by atoms with Gasteiger partial charge in [-0.05, 0) is 61.0 Å². The molecule has 0 aliphatic heterocycles. The number of carbonyl (C=O) groups is 2. The zero-order valence-electron chi connectivity index (χ0n) is 19.9. The Kier molecular flexibility index (Phi) is 10.2. The largest absolute Gasteiger partial charge is 0.378 e. The van der Waals surface area contributed by atoms with Gasteiger partial charge in [0.25, 0.3) is 0 Å². The summed E-state index contributed by atoms with van der Waals surface area (Å²) in [5.74, 6) is 2.01. The molecule has 3 rings (SSSR count). The van der Waals surface area contributed by atoms with Crippen molar-refractivity contribution in [3.8, 4) is 0 Å². The number of thioether (sulfide) groups is 1. The number of hydrogen-bond acceptors (Lipinski definition) is 4. The molecule has 0 heterocycles. The van der Waals surface area contributed by atoms with Gasteiger partial charge >= 0.3 is 0 Å². The van der Waals surface area contributed by atoms with E-state index in [0.29, 0.717) is 12.5 Å². The number of nitrogens with one attached hydrogen (secondary N) is 2. The van der Waals surface area contributed by atoms with Crippen molar-refractivity contribution in [1.82, 2.24) is 10.6 Å². The van der Waals surface area contributed by atoms with Gasteiger partial charge in [-0.15, -0.1) is 11.8 Å². The summed E-state index contributed by atoms with van der Waals surface area (Å²) in [4.78, 5) is 27.0. The van der Waals surface area contributed by atoms with Crippen LogP contribution in [0.25, 0.3) is 0 Å². The highest BCUT2D eigenvalue weighted by molar-refractivity contribution is 7.99. The fourth-order valence-electron chi connectivity index (χ4n) is 5.23. The van der Waals surface area contributed by atoms with Crippen molar-refractivity contribution in [3.63, 3.8) is 0 Å². The van der Waals surface area contributed by atoms with Crippen LogP contribution in [0, 0.1) is 17.8 Å². The Labute approximate surface area is 198 Å². The van der Waals surface area contributed by atoms with Crippen molar-refractivity contribution in [2.75, 3.05) is 24.7 Å². The molecule has 2 atom stereocenters. The van der Waals surface area contributed by atoms with Gasteiger partial charge in [-0.2, -0.15) is 0 Å². The number of amides is 2. The third kappa shape index (κ3) is 7.43. The lowest BCUT2D eigenvalue weighted by molar-refractivity contribution is -0.127. The number of rotatable bonds is 11. The van der Waals surface area contributed by atoms with E-state index in [1.165, 1.54) is 51.4 Å². The first kappa shape index (κ1) is 24.9. The summed E-state index contributed by atoms with van der Waals surface area (Å²) in [6.07, 6.45) is 13.1. The highest BCUT2D eigenvalue weighted by atomic mass is 32.2. The van der Waals surface area contributed by atoms with E-state index in [9.17, 15) is 9.59 Å². The van der Waals surface area contributed by atoms with Crippen LogP contribution < -0.4 is 15.5 Å². The van der Waals surface area contributed by atoms with E-state index in [2.05, 4.69) is 39.8 Å². The molecule has 0 bridgehead atoms. The van der Waals surface area contributed by atoms with Crippen molar-refractivity contribution >= 4 is 29.8 Å². The van der Waals surface area contributed by atoms with Crippen molar-refractivity contribution < 1.29 is 9.59 Å². The molecule has 0 aromatic heterocycles. The molecule has 5 nitrogen and oxygen atoms in total. The van der Waals surface area contributed by atoms with Crippen LogP contribution in [-0.4, -0.2) is 37.5 Å². The van der Waals surface area contributed by atoms with Crippen molar-refractivity contribution in [3.05, 3.63) is 29.8 Å². The van der Waals surface area contributed by atoms with Gasteiger partial charge in [0.05, 0.1) is 11.3 Å². The molecule has 0 saturated heterocycles. The Morgan fingerprint density at radius 2 is 1.66 bits per heavy atom. The molecular weight excluding hydrogens is 418 g/mol. The maximum absolute atomic E-state index is 13.5. The molecule has 0 spiro atoms. The molecule has 178 valence electrons.